The molecule has 0 aliphatic heterocycles. The van der Waals surface area contributed by atoms with Crippen LogP contribution in [-0.4, -0.2) is 29.5 Å². The monoisotopic (exact) mass is 425 g/mol. The van der Waals surface area contributed by atoms with Gasteiger partial charge in [-0.3, -0.25) is 4.79 Å². The van der Waals surface area contributed by atoms with Gasteiger partial charge in [0.05, 0.1) is 23.2 Å². The first kappa shape index (κ1) is 20.7. The molecule has 1 N–H and O–H groups in total. The molecule has 0 spiro atoms. The number of esters is 1. The highest BCUT2D eigenvalue weighted by Gasteiger charge is 2.28. The lowest BCUT2D eigenvalue weighted by molar-refractivity contribution is -0.772. The van der Waals surface area contributed by atoms with Crippen LogP contribution in [0.4, 0.5) is 5.00 Å². The second-order valence-electron chi connectivity index (χ2n) is 6.65. The molecule has 1 amide bonds. The van der Waals surface area contributed by atoms with E-state index in [0.29, 0.717) is 10.6 Å². The Labute approximate surface area is 171 Å². The SMILES string of the molecule is COC(=O)c1c(NC(=O)C(C)Sc2c([O-])on[n+]2C)sc2c1CCCCCC2. The first-order valence-electron chi connectivity index (χ1n) is 9.15. The summed E-state index contributed by atoms with van der Waals surface area (Å²) in [6.45, 7) is 1.69. The van der Waals surface area contributed by atoms with Gasteiger partial charge < -0.3 is 19.7 Å². The van der Waals surface area contributed by atoms with Gasteiger partial charge in [-0.25, -0.2) is 4.79 Å². The quantitative estimate of drug-likeness (QED) is 0.444. The number of carbonyl (C=O) groups is 2. The van der Waals surface area contributed by atoms with Crippen LogP contribution < -0.4 is 15.1 Å². The zero-order valence-electron chi connectivity index (χ0n) is 16.1. The smallest absolute Gasteiger partial charge is 0.341 e. The predicted molar refractivity (Wildman–Crippen MR) is 103 cm³/mol. The number of thioether (sulfide) groups is 1. The molecule has 28 heavy (non-hydrogen) atoms. The molecule has 0 bridgehead atoms. The summed E-state index contributed by atoms with van der Waals surface area (Å²) in [6.07, 6.45) is 6.12. The largest absolute Gasteiger partial charge is 0.538 e. The minimum Gasteiger partial charge on any atom is -0.538 e. The Balaban J connectivity index is 1.83. The summed E-state index contributed by atoms with van der Waals surface area (Å²) in [4.78, 5) is 26.3. The van der Waals surface area contributed by atoms with E-state index in [4.69, 9.17) is 4.74 Å². The van der Waals surface area contributed by atoms with Gasteiger partial charge in [0.2, 0.25) is 5.91 Å². The molecule has 2 aromatic heterocycles. The number of ether oxygens (including phenoxy) is 1. The molecule has 2 heterocycles. The maximum atomic E-state index is 12.7. The third-order valence-corrected chi connectivity index (χ3v) is 7.10. The molecule has 0 radical (unpaired) electrons. The Kier molecular flexibility index (Phi) is 6.61. The minimum absolute atomic E-state index is 0.245. The van der Waals surface area contributed by atoms with Gasteiger partial charge in [-0.15, -0.1) is 11.3 Å². The lowest BCUT2D eigenvalue weighted by atomic mass is 9.96. The van der Waals surface area contributed by atoms with E-state index in [1.165, 1.54) is 29.5 Å². The van der Waals surface area contributed by atoms with Gasteiger partial charge in [0.1, 0.15) is 5.00 Å². The molecule has 8 nitrogen and oxygen atoms in total. The number of rotatable bonds is 5. The summed E-state index contributed by atoms with van der Waals surface area (Å²) in [6, 6.07) is 0. The van der Waals surface area contributed by atoms with Gasteiger partial charge in [-0.1, -0.05) is 17.5 Å². The lowest BCUT2D eigenvalue weighted by Gasteiger charge is -2.12. The Bertz CT molecular complexity index is 857. The molecule has 152 valence electrons. The molecule has 0 saturated heterocycles. The second-order valence-corrected chi connectivity index (χ2v) is 9.09. The minimum atomic E-state index is -0.582. The van der Waals surface area contributed by atoms with Crippen molar-refractivity contribution < 1.29 is 28.6 Å². The van der Waals surface area contributed by atoms with Crippen molar-refractivity contribution in [2.45, 2.75) is 55.7 Å². The maximum absolute atomic E-state index is 12.7. The number of hydrogen-bond donors (Lipinski definition) is 1. The van der Waals surface area contributed by atoms with Crippen molar-refractivity contribution in [1.29, 1.82) is 0 Å². The van der Waals surface area contributed by atoms with Crippen molar-refractivity contribution in [1.82, 2.24) is 5.27 Å². The number of carbonyl (C=O) groups excluding carboxylic acids is 2. The molecular formula is C18H23N3O5S2. The highest BCUT2D eigenvalue weighted by atomic mass is 32.2. The van der Waals surface area contributed by atoms with E-state index in [0.717, 1.165) is 54.3 Å². The van der Waals surface area contributed by atoms with Crippen LogP contribution in [0.15, 0.2) is 9.55 Å². The van der Waals surface area contributed by atoms with Crippen LogP contribution in [0.3, 0.4) is 0 Å². The normalized spacial score (nSPS) is 15.2. The van der Waals surface area contributed by atoms with Crippen LogP contribution in [0, 0.1) is 0 Å². The molecule has 0 aromatic carbocycles. The Morgan fingerprint density at radius 1 is 1.32 bits per heavy atom. The first-order valence-corrected chi connectivity index (χ1v) is 10.8. The summed E-state index contributed by atoms with van der Waals surface area (Å²) < 4.78 is 10.9. The summed E-state index contributed by atoms with van der Waals surface area (Å²) in [5.41, 5.74) is 1.47. The van der Waals surface area contributed by atoms with Crippen molar-refractivity contribution in [3.8, 4) is 5.95 Å². The third-order valence-electron chi connectivity index (χ3n) is 4.67. The molecule has 3 rings (SSSR count). The summed E-state index contributed by atoms with van der Waals surface area (Å²) in [5, 5.41) is 18.3. The highest BCUT2D eigenvalue weighted by molar-refractivity contribution is 8.00. The maximum Gasteiger partial charge on any atom is 0.341 e. The van der Waals surface area contributed by atoms with Crippen LogP contribution in [0.1, 0.15) is 53.4 Å². The number of anilines is 1. The van der Waals surface area contributed by atoms with Gasteiger partial charge >= 0.3 is 5.97 Å². The fourth-order valence-corrected chi connectivity index (χ4v) is 5.29. The number of hydrogen-bond acceptors (Lipinski definition) is 8. The molecule has 1 atom stereocenters. The number of thiophene rings is 1. The average molecular weight is 426 g/mol. The number of nitrogens with zero attached hydrogens (tertiary/aromatic N) is 2. The first-order chi connectivity index (χ1) is 13.4. The Hall–Kier alpha value is -2.07. The van der Waals surface area contributed by atoms with E-state index in [2.05, 4.69) is 15.1 Å². The fraction of sp³-hybridized carbons (Fsp3) is 0.556. The van der Waals surface area contributed by atoms with Crippen molar-refractivity contribution in [3.05, 3.63) is 16.0 Å². The van der Waals surface area contributed by atoms with Crippen LogP contribution in [0.2, 0.25) is 0 Å². The van der Waals surface area contributed by atoms with Crippen LogP contribution in [-0.2, 0) is 29.4 Å². The number of fused-ring (bicyclic) bond motifs is 1. The van der Waals surface area contributed by atoms with Gasteiger partial charge in [-0.2, -0.15) is 0 Å². The number of nitrogens with one attached hydrogen (secondary N) is 1. The third kappa shape index (κ3) is 4.33. The molecule has 1 aliphatic rings. The predicted octanol–water partition coefficient (Wildman–Crippen LogP) is 2.20. The van der Waals surface area contributed by atoms with Gasteiger partial charge in [0.15, 0.2) is 13.0 Å². The second kappa shape index (κ2) is 8.95. The number of methoxy groups -OCH3 is 1. The van der Waals surface area contributed by atoms with Crippen LogP contribution in [0.25, 0.3) is 0 Å². The number of aryl methyl sites for hydroxylation is 2. The standard InChI is InChI=1S/C18H23N3O5S2/c1-10(27-16-18(24)26-20-21(16)2)14(22)19-15-13(17(23)25-3)11-8-6-4-5-7-9-12(11)28-15/h10H,4-9H2,1-3H3,(H-,19,20,22,23,24). The average Bonchev–Trinajstić information content (AvgIpc) is 3.14. The van der Waals surface area contributed by atoms with Gasteiger partial charge in [0.25, 0.3) is 5.03 Å². The number of aromatic nitrogens is 2. The van der Waals surface area contributed by atoms with E-state index in [1.54, 1.807) is 14.0 Å². The van der Waals surface area contributed by atoms with Crippen LogP contribution >= 0.6 is 23.1 Å². The molecular weight excluding hydrogens is 402 g/mol. The summed E-state index contributed by atoms with van der Waals surface area (Å²) >= 11 is 2.51. The van der Waals surface area contributed by atoms with E-state index in [-0.39, 0.29) is 10.9 Å². The Morgan fingerprint density at radius 2 is 2.04 bits per heavy atom. The molecule has 10 heteroatoms. The Morgan fingerprint density at radius 3 is 2.68 bits per heavy atom. The molecule has 2 aromatic rings. The fourth-order valence-electron chi connectivity index (χ4n) is 3.19. The highest BCUT2D eigenvalue weighted by Crippen LogP contribution is 2.38. The summed E-state index contributed by atoms with van der Waals surface area (Å²) in [5.74, 6) is -1.31. The van der Waals surface area contributed by atoms with Crippen molar-refractivity contribution in [2.24, 2.45) is 7.05 Å². The van der Waals surface area contributed by atoms with Crippen molar-refractivity contribution in [2.75, 3.05) is 12.4 Å². The van der Waals surface area contributed by atoms with Crippen molar-refractivity contribution in [3.63, 3.8) is 0 Å². The lowest BCUT2D eigenvalue weighted by Crippen LogP contribution is -2.33. The number of amides is 1. The van der Waals surface area contributed by atoms with Gasteiger partial charge in [-0.05, 0) is 49.9 Å². The van der Waals surface area contributed by atoms with E-state index < -0.39 is 17.2 Å². The van der Waals surface area contributed by atoms with Crippen LogP contribution in [0.5, 0.6) is 5.95 Å². The van der Waals surface area contributed by atoms with Crippen molar-refractivity contribution >= 4 is 40.0 Å². The summed E-state index contributed by atoms with van der Waals surface area (Å²) in [7, 11) is 2.92. The zero-order valence-corrected chi connectivity index (χ0v) is 17.7. The van der Waals surface area contributed by atoms with Gasteiger partial charge in [0, 0.05) is 4.88 Å². The molecule has 1 unspecified atom stereocenters. The molecule has 1 aliphatic carbocycles. The molecule has 0 fully saturated rings. The molecule has 0 saturated carbocycles. The van der Waals surface area contributed by atoms with E-state index in [9.17, 15) is 14.7 Å². The zero-order chi connectivity index (χ0) is 20.3. The topological polar surface area (TPSA) is 108 Å². The van der Waals surface area contributed by atoms with E-state index >= 15 is 0 Å². The van der Waals surface area contributed by atoms with E-state index in [1.807, 2.05) is 0 Å².